The first-order chi connectivity index (χ1) is 18.3. The molecule has 39 heavy (non-hydrogen) atoms. The smallest absolute Gasteiger partial charge is 0.413 e. The van der Waals surface area contributed by atoms with Crippen LogP contribution < -0.4 is 20.1 Å². The normalized spacial score (nSPS) is 30.3. The van der Waals surface area contributed by atoms with Gasteiger partial charge in [-0.2, -0.15) is 0 Å². The summed E-state index contributed by atoms with van der Waals surface area (Å²) in [6, 6.07) is 1.17. The Kier molecular flexibility index (Phi) is 6.66. The number of amides is 2. The van der Waals surface area contributed by atoms with Gasteiger partial charge in [-0.1, -0.05) is 33.8 Å². The summed E-state index contributed by atoms with van der Waals surface area (Å²) in [5, 5.41) is 26.6. The summed E-state index contributed by atoms with van der Waals surface area (Å²) < 4.78 is 11.9. The van der Waals surface area contributed by atoms with E-state index in [1.54, 1.807) is 33.8 Å². The van der Waals surface area contributed by atoms with E-state index in [1.807, 2.05) is 13.1 Å². The van der Waals surface area contributed by atoms with Gasteiger partial charge in [-0.15, -0.1) is 0 Å². The maximum absolute atomic E-state index is 13.1. The molecule has 0 aromatic heterocycles. The number of carbonyl (C=O) groups excluding carboxylic acids is 3. The number of aliphatic hydroxyl groups is 1. The molecule has 2 bridgehead atoms. The van der Waals surface area contributed by atoms with E-state index >= 15 is 0 Å². The highest BCUT2D eigenvalue weighted by Gasteiger charge is 2.72. The number of ketones is 1. The third-order valence-corrected chi connectivity index (χ3v) is 9.17. The number of benzene rings is 1. The number of likely N-dealkylation sites (N-methyl/N-ethyl adjacent to an activating group) is 1. The number of hydrogen-bond acceptors (Lipinski definition) is 8. The fraction of sp³-hybridized carbons (Fsp3) is 0.643. The molecule has 4 unspecified atom stereocenters. The largest absolute Gasteiger partial charge is 0.480 e. The summed E-state index contributed by atoms with van der Waals surface area (Å²) in [6.45, 7) is 7.51. The van der Waals surface area contributed by atoms with Crippen LogP contribution in [0.1, 0.15) is 58.1 Å². The second kappa shape index (κ2) is 9.48. The van der Waals surface area contributed by atoms with Crippen molar-refractivity contribution in [3.05, 3.63) is 23.3 Å². The average Bonchev–Trinajstić information content (AvgIpc) is 3.22. The molecule has 1 saturated carbocycles. The maximum atomic E-state index is 13.1. The number of ether oxygens (including phenoxy) is 2. The van der Waals surface area contributed by atoms with E-state index in [-0.39, 0.29) is 35.8 Å². The molecule has 4 aliphatic rings. The molecule has 2 fully saturated rings. The van der Waals surface area contributed by atoms with Gasteiger partial charge in [0.05, 0.1) is 11.0 Å². The molecule has 1 aromatic rings. The van der Waals surface area contributed by atoms with Crippen molar-refractivity contribution in [2.24, 2.45) is 11.8 Å². The van der Waals surface area contributed by atoms with Crippen LogP contribution in [0.5, 0.6) is 11.5 Å². The third-order valence-electron chi connectivity index (χ3n) is 9.17. The number of rotatable bonds is 7. The van der Waals surface area contributed by atoms with Gasteiger partial charge in [-0.05, 0) is 56.3 Å². The summed E-state index contributed by atoms with van der Waals surface area (Å²) in [5.41, 5.74) is -0.335. The van der Waals surface area contributed by atoms with Crippen molar-refractivity contribution in [1.29, 1.82) is 0 Å². The van der Waals surface area contributed by atoms with E-state index in [9.17, 15) is 29.4 Å². The van der Waals surface area contributed by atoms with Gasteiger partial charge in [0.1, 0.15) is 12.1 Å². The molecule has 1 saturated heterocycles. The van der Waals surface area contributed by atoms with E-state index < -0.39 is 47.2 Å². The highest BCUT2D eigenvalue weighted by atomic mass is 16.6. The highest BCUT2D eigenvalue weighted by Crippen LogP contribution is 2.64. The van der Waals surface area contributed by atoms with Gasteiger partial charge in [0.15, 0.2) is 23.4 Å². The Morgan fingerprint density at radius 1 is 1.10 bits per heavy atom. The van der Waals surface area contributed by atoms with Crippen molar-refractivity contribution >= 4 is 23.8 Å². The lowest BCUT2D eigenvalue weighted by Gasteiger charge is -2.61. The Morgan fingerprint density at radius 3 is 2.44 bits per heavy atom. The number of carboxylic acids is 1. The lowest BCUT2D eigenvalue weighted by atomic mass is 9.49. The van der Waals surface area contributed by atoms with Gasteiger partial charge in [-0.3, -0.25) is 9.59 Å². The minimum atomic E-state index is -1.16. The molecule has 11 heteroatoms. The van der Waals surface area contributed by atoms with E-state index in [4.69, 9.17) is 9.47 Å². The molecule has 2 aliphatic carbocycles. The molecule has 1 aromatic carbocycles. The van der Waals surface area contributed by atoms with Crippen LogP contribution in [0.3, 0.4) is 0 Å². The second-order valence-electron chi connectivity index (χ2n) is 12.1. The summed E-state index contributed by atoms with van der Waals surface area (Å²) in [4.78, 5) is 52.8. The predicted molar refractivity (Wildman–Crippen MR) is 139 cm³/mol. The number of carboxylic acid groups (broad SMARTS) is 1. The number of hydrogen-bond donors (Lipinski definition) is 4. The fourth-order valence-electron chi connectivity index (χ4n) is 7.15. The quantitative estimate of drug-likeness (QED) is 0.399. The van der Waals surface area contributed by atoms with E-state index in [2.05, 4.69) is 15.5 Å². The van der Waals surface area contributed by atoms with Crippen LogP contribution in [0, 0.1) is 11.8 Å². The van der Waals surface area contributed by atoms with Gasteiger partial charge in [-0.25, -0.2) is 9.59 Å². The van der Waals surface area contributed by atoms with Crippen LogP contribution in [0.25, 0.3) is 0 Å². The summed E-state index contributed by atoms with van der Waals surface area (Å²) >= 11 is 0. The molecular weight excluding hydrogens is 506 g/mol. The first kappa shape index (κ1) is 27.4. The minimum Gasteiger partial charge on any atom is -0.480 e. The molecule has 5 rings (SSSR count). The van der Waals surface area contributed by atoms with E-state index in [0.717, 1.165) is 11.1 Å². The molecule has 0 radical (unpaired) electrons. The zero-order valence-corrected chi connectivity index (χ0v) is 22.9. The Balaban J connectivity index is 1.42. The van der Waals surface area contributed by atoms with Crippen LogP contribution in [-0.2, 0) is 26.2 Å². The molecule has 11 nitrogen and oxygen atoms in total. The van der Waals surface area contributed by atoms with Gasteiger partial charge >= 0.3 is 12.1 Å². The number of Topliss-reactive ketones (excluding diaryl/α,β-unsaturated/α-hetero) is 1. The first-order valence-corrected chi connectivity index (χ1v) is 13.6. The lowest BCUT2D eigenvalue weighted by Crippen LogP contribution is -2.76. The van der Waals surface area contributed by atoms with Crippen molar-refractivity contribution < 1.29 is 38.9 Å². The second-order valence-corrected chi connectivity index (χ2v) is 12.1. The average molecular weight is 544 g/mol. The predicted octanol–water partition coefficient (Wildman–Crippen LogP) is 1.38. The van der Waals surface area contributed by atoms with Crippen molar-refractivity contribution in [1.82, 2.24) is 15.5 Å². The fourth-order valence-corrected chi connectivity index (χ4v) is 7.15. The number of likely N-dealkylation sites (tertiary alicyclic amines) is 1. The topological polar surface area (TPSA) is 154 Å². The number of carbonyl (C=O) groups is 4. The lowest BCUT2D eigenvalue weighted by molar-refractivity contribution is -0.185. The van der Waals surface area contributed by atoms with Gasteiger partial charge in [0, 0.05) is 18.0 Å². The SMILES string of the molecule is CC(C)C(NC(=O)[C@H](NC(=O)Oc1ccc2c3c1O[C@H]1C(=O)CCC4(O)C(C2)N(C)CCC314)C(C)C)C(=O)O. The van der Waals surface area contributed by atoms with E-state index in [1.165, 1.54) is 0 Å². The number of aliphatic carboxylic acids is 1. The van der Waals surface area contributed by atoms with Gasteiger partial charge < -0.3 is 35.2 Å². The first-order valence-electron chi connectivity index (χ1n) is 13.6. The van der Waals surface area contributed by atoms with Crippen molar-refractivity contribution in [2.75, 3.05) is 13.6 Å². The molecule has 2 heterocycles. The van der Waals surface area contributed by atoms with E-state index in [0.29, 0.717) is 31.6 Å². The Bertz CT molecular complexity index is 1230. The van der Waals surface area contributed by atoms with Crippen molar-refractivity contribution in [3.8, 4) is 11.5 Å². The molecular formula is C28H37N3O8. The molecule has 1 spiro atoms. The molecule has 6 atom stereocenters. The van der Waals surface area contributed by atoms with Crippen molar-refractivity contribution in [3.63, 3.8) is 0 Å². The standard InChI is InChI=1S/C28H37N3O8/c1-13(2)20(24(33)29-21(14(3)4)25(34)35)30-26(36)38-17-7-6-15-12-18-28(37)9-8-16(32)23-27(28,10-11-31(18)5)19(15)22(17)39-23/h6-7,13-14,18,20-21,23,37H,8-12H2,1-5H3,(H,29,33)(H,30,36)(H,34,35)/t18?,20-,21?,23+,27?,28?/m1/s1. The number of nitrogens with one attached hydrogen (secondary N) is 2. The molecule has 2 aliphatic heterocycles. The summed E-state index contributed by atoms with van der Waals surface area (Å²) in [5.74, 6) is -2.18. The minimum absolute atomic E-state index is 0.0721. The molecule has 4 N–H and O–H groups in total. The van der Waals surface area contributed by atoms with Crippen molar-refractivity contribution in [2.45, 2.75) is 88.6 Å². The zero-order valence-electron chi connectivity index (χ0n) is 22.9. The number of nitrogens with zero attached hydrogens (tertiary/aromatic N) is 1. The van der Waals surface area contributed by atoms with Crippen LogP contribution >= 0.6 is 0 Å². The highest BCUT2D eigenvalue weighted by molar-refractivity contribution is 5.91. The summed E-state index contributed by atoms with van der Waals surface area (Å²) in [7, 11) is 1.99. The maximum Gasteiger partial charge on any atom is 0.413 e. The molecule has 2 amide bonds. The van der Waals surface area contributed by atoms with Gasteiger partial charge in [0.25, 0.3) is 0 Å². The Morgan fingerprint density at radius 2 is 1.79 bits per heavy atom. The van der Waals surface area contributed by atoms with Gasteiger partial charge in [0.2, 0.25) is 5.91 Å². The number of piperidine rings is 1. The van der Waals surface area contributed by atoms with Crippen LogP contribution in [0.2, 0.25) is 0 Å². The Labute approximate surface area is 227 Å². The van der Waals surface area contributed by atoms with Crippen LogP contribution in [0.15, 0.2) is 12.1 Å². The van der Waals surface area contributed by atoms with Crippen LogP contribution in [-0.4, -0.2) is 82.3 Å². The monoisotopic (exact) mass is 543 g/mol. The Hall–Kier alpha value is -3.18. The molecule has 212 valence electrons. The summed E-state index contributed by atoms with van der Waals surface area (Å²) in [6.07, 6.45) is -0.0718. The third kappa shape index (κ3) is 4.00. The van der Waals surface area contributed by atoms with Crippen LogP contribution in [0.4, 0.5) is 4.79 Å². The zero-order chi connectivity index (χ0) is 28.4.